The van der Waals surface area contributed by atoms with E-state index in [-0.39, 0.29) is 11.8 Å². The maximum Gasteiger partial charge on any atom is 0.198 e. The van der Waals surface area contributed by atoms with Gasteiger partial charge in [0.15, 0.2) is 5.72 Å². The summed E-state index contributed by atoms with van der Waals surface area (Å²) in [5.74, 6) is 2.62. The van der Waals surface area contributed by atoms with Gasteiger partial charge in [0.2, 0.25) is 0 Å². The summed E-state index contributed by atoms with van der Waals surface area (Å²) >= 11 is 6.34. The zero-order chi connectivity index (χ0) is 20.0. The number of halogens is 1. The Labute approximate surface area is 177 Å². The smallest absolute Gasteiger partial charge is 0.198 e. The molecule has 0 bridgehead atoms. The first-order valence-electron chi connectivity index (χ1n) is 10.6. The van der Waals surface area contributed by atoms with Crippen molar-refractivity contribution in [3.05, 3.63) is 58.6 Å². The van der Waals surface area contributed by atoms with Crippen molar-refractivity contribution in [1.82, 2.24) is 5.01 Å². The lowest BCUT2D eigenvalue weighted by atomic mass is 9.80. The van der Waals surface area contributed by atoms with Gasteiger partial charge in [0.25, 0.3) is 0 Å². The number of ether oxygens (including phenoxy) is 2. The summed E-state index contributed by atoms with van der Waals surface area (Å²) in [6, 6.07) is 14.4. The van der Waals surface area contributed by atoms with Crippen molar-refractivity contribution in [1.29, 1.82) is 0 Å². The van der Waals surface area contributed by atoms with Gasteiger partial charge in [-0.05, 0) is 66.8 Å². The van der Waals surface area contributed by atoms with E-state index < -0.39 is 0 Å². The zero-order valence-corrected chi connectivity index (χ0v) is 17.8. The summed E-state index contributed by atoms with van der Waals surface area (Å²) in [6.45, 7) is 2.29. The lowest BCUT2D eigenvalue weighted by Gasteiger charge is -2.50. The predicted molar refractivity (Wildman–Crippen MR) is 116 cm³/mol. The monoisotopic (exact) mass is 410 g/mol. The van der Waals surface area contributed by atoms with Crippen molar-refractivity contribution < 1.29 is 9.47 Å². The highest BCUT2D eigenvalue weighted by Gasteiger charge is 2.51. The summed E-state index contributed by atoms with van der Waals surface area (Å²) in [4.78, 5) is 0. The largest absolute Gasteiger partial charge is 0.497 e. The topological polar surface area (TPSA) is 34.1 Å². The molecule has 5 heteroatoms. The Kier molecular flexibility index (Phi) is 4.70. The molecule has 0 radical (unpaired) electrons. The number of hydrogen-bond donors (Lipinski definition) is 0. The molecule has 29 heavy (non-hydrogen) atoms. The Balaban J connectivity index is 1.54. The number of benzene rings is 2. The van der Waals surface area contributed by atoms with Crippen molar-refractivity contribution in [3.8, 4) is 11.5 Å². The quantitative estimate of drug-likeness (QED) is 0.605. The minimum atomic E-state index is -0.342. The number of nitrogens with zero attached hydrogens (tertiary/aromatic N) is 2. The highest BCUT2D eigenvalue weighted by atomic mass is 35.5. The van der Waals surface area contributed by atoms with Gasteiger partial charge in [0.05, 0.1) is 18.9 Å². The number of hydrogen-bond acceptors (Lipinski definition) is 4. The highest BCUT2D eigenvalue weighted by Crippen LogP contribution is 2.52. The van der Waals surface area contributed by atoms with Crippen LogP contribution in [0.1, 0.15) is 62.6 Å². The molecule has 1 aliphatic carbocycles. The van der Waals surface area contributed by atoms with Crippen molar-refractivity contribution in [3.63, 3.8) is 0 Å². The molecule has 1 saturated carbocycles. The molecule has 0 saturated heterocycles. The number of fused-ring (bicyclic) bond motifs is 4. The van der Waals surface area contributed by atoms with Gasteiger partial charge in [-0.25, -0.2) is 5.01 Å². The number of hydrazone groups is 1. The third-order valence-corrected chi connectivity index (χ3v) is 7.08. The molecular formula is C24H27ClN2O2. The number of rotatable bonds is 3. The van der Waals surface area contributed by atoms with Gasteiger partial charge >= 0.3 is 0 Å². The molecule has 3 aliphatic rings. The Morgan fingerprint density at radius 2 is 1.93 bits per heavy atom. The molecule has 1 unspecified atom stereocenters. The molecule has 0 aromatic heterocycles. The third-order valence-electron chi connectivity index (χ3n) is 6.85. The Bertz CT molecular complexity index is 932. The Morgan fingerprint density at radius 1 is 1.17 bits per heavy atom. The normalized spacial score (nSPS) is 27.8. The molecule has 0 amide bonds. The maximum absolute atomic E-state index is 6.68. The zero-order valence-electron chi connectivity index (χ0n) is 17.0. The first kappa shape index (κ1) is 18.8. The van der Waals surface area contributed by atoms with E-state index in [4.69, 9.17) is 26.2 Å². The molecule has 5 rings (SSSR count). The van der Waals surface area contributed by atoms with Crippen LogP contribution >= 0.6 is 11.6 Å². The minimum absolute atomic E-state index is 0.174. The molecule has 1 spiro atoms. The van der Waals surface area contributed by atoms with Crippen LogP contribution in [0.4, 0.5) is 0 Å². The average Bonchev–Trinajstić information content (AvgIpc) is 3.22. The highest BCUT2D eigenvalue weighted by molar-refractivity contribution is 6.30. The van der Waals surface area contributed by atoms with E-state index in [0.29, 0.717) is 0 Å². The van der Waals surface area contributed by atoms with Crippen LogP contribution < -0.4 is 9.47 Å². The van der Waals surface area contributed by atoms with Crippen LogP contribution in [0.15, 0.2) is 47.6 Å². The molecule has 2 aromatic carbocycles. The first-order chi connectivity index (χ1) is 14.1. The third kappa shape index (κ3) is 3.18. The predicted octanol–water partition coefficient (Wildman–Crippen LogP) is 6.19. The van der Waals surface area contributed by atoms with E-state index in [1.54, 1.807) is 7.11 Å². The van der Waals surface area contributed by atoms with Gasteiger partial charge in [-0.1, -0.05) is 24.9 Å². The lowest BCUT2D eigenvalue weighted by Crippen LogP contribution is -2.55. The molecule has 1 fully saturated rings. The van der Waals surface area contributed by atoms with E-state index in [1.807, 2.05) is 30.3 Å². The van der Waals surface area contributed by atoms with Crippen LogP contribution in [0.25, 0.3) is 0 Å². The molecular weight excluding hydrogens is 384 g/mol. The van der Waals surface area contributed by atoms with Crippen LogP contribution in [0.3, 0.4) is 0 Å². The Morgan fingerprint density at radius 3 is 2.62 bits per heavy atom. The maximum atomic E-state index is 6.68. The SMILES string of the molecule is CCC1CCC2(CC1)Oc1ccc(Cl)cc1C1CC(c3ccc(OC)cc3)=NN12. The molecule has 0 N–H and O–H groups in total. The first-order valence-corrected chi connectivity index (χ1v) is 11.0. The van der Waals surface area contributed by atoms with Gasteiger partial charge in [-0.3, -0.25) is 0 Å². The lowest BCUT2D eigenvalue weighted by molar-refractivity contribution is -0.146. The number of methoxy groups -OCH3 is 1. The molecule has 152 valence electrons. The van der Waals surface area contributed by atoms with Crippen molar-refractivity contribution in [2.75, 3.05) is 7.11 Å². The summed E-state index contributed by atoms with van der Waals surface area (Å²) in [5, 5.41) is 8.14. The van der Waals surface area contributed by atoms with Gasteiger partial charge < -0.3 is 9.47 Å². The summed E-state index contributed by atoms with van der Waals surface area (Å²) in [5.41, 5.74) is 3.05. The fraction of sp³-hybridized carbons (Fsp3) is 0.458. The second-order valence-corrected chi connectivity index (χ2v) is 8.86. The molecule has 2 aliphatic heterocycles. The van der Waals surface area contributed by atoms with Crippen LogP contribution in [0, 0.1) is 5.92 Å². The van der Waals surface area contributed by atoms with E-state index in [9.17, 15) is 0 Å². The minimum Gasteiger partial charge on any atom is -0.497 e. The van der Waals surface area contributed by atoms with Gasteiger partial charge in [-0.15, -0.1) is 0 Å². The second-order valence-electron chi connectivity index (χ2n) is 8.42. The van der Waals surface area contributed by atoms with E-state index in [0.717, 1.165) is 58.5 Å². The van der Waals surface area contributed by atoms with Crippen molar-refractivity contribution in [2.24, 2.45) is 11.0 Å². The van der Waals surface area contributed by atoms with E-state index >= 15 is 0 Å². The molecule has 4 nitrogen and oxygen atoms in total. The Hall–Kier alpha value is -2.20. The fourth-order valence-electron chi connectivity index (χ4n) is 5.08. The van der Waals surface area contributed by atoms with Crippen LogP contribution in [-0.2, 0) is 0 Å². The van der Waals surface area contributed by atoms with Gasteiger partial charge in [-0.2, -0.15) is 5.10 Å². The van der Waals surface area contributed by atoms with Crippen molar-refractivity contribution >= 4 is 17.3 Å². The summed E-state index contributed by atoms with van der Waals surface area (Å²) in [6.07, 6.45) is 6.52. The van der Waals surface area contributed by atoms with Crippen LogP contribution in [-0.4, -0.2) is 23.6 Å². The standard InChI is InChI=1S/C24H27ClN2O2/c1-3-16-10-12-24(13-11-16)27-22(20-14-18(25)6-9-23(20)29-24)15-21(26-27)17-4-7-19(28-2)8-5-17/h4-9,14,16,22H,3,10-13,15H2,1-2H3. The van der Waals surface area contributed by atoms with E-state index in [2.05, 4.69) is 24.1 Å². The molecule has 2 aromatic rings. The van der Waals surface area contributed by atoms with Gasteiger partial charge in [0.1, 0.15) is 11.5 Å². The second kappa shape index (κ2) is 7.24. The molecule has 1 atom stereocenters. The molecule has 2 heterocycles. The summed E-state index contributed by atoms with van der Waals surface area (Å²) < 4.78 is 12.0. The van der Waals surface area contributed by atoms with Gasteiger partial charge in [0, 0.05) is 29.8 Å². The van der Waals surface area contributed by atoms with Crippen LogP contribution in [0.2, 0.25) is 5.02 Å². The van der Waals surface area contributed by atoms with Crippen molar-refractivity contribution in [2.45, 2.75) is 57.2 Å². The average molecular weight is 411 g/mol. The fourth-order valence-corrected chi connectivity index (χ4v) is 5.26. The summed E-state index contributed by atoms with van der Waals surface area (Å²) in [7, 11) is 1.69. The van der Waals surface area contributed by atoms with Crippen LogP contribution in [0.5, 0.6) is 11.5 Å². The van der Waals surface area contributed by atoms with E-state index in [1.165, 1.54) is 19.3 Å².